The topological polar surface area (TPSA) is 45.5 Å². The molecule has 1 aromatic heterocycles. The number of carbonyl (C=O) groups is 1. The van der Waals surface area contributed by atoms with E-state index in [4.69, 9.17) is 4.42 Å². The highest BCUT2D eigenvalue weighted by atomic mass is 127. The van der Waals surface area contributed by atoms with E-state index < -0.39 is 0 Å². The molecule has 1 aliphatic rings. The third kappa shape index (κ3) is 3.45. The molecule has 1 atom stereocenters. The van der Waals surface area contributed by atoms with Gasteiger partial charge < -0.3 is 9.32 Å². The molecule has 1 aliphatic heterocycles. The predicted octanol–water partition coefficient (Wildman–Crippen LogP) is 1.98. The number of nitrogens with one attached hydrogen (secondary N) is 1. The molecule has 4 nitrogen and oxygen atoms in total. The Kier molecular flexibility index (Phi) is 4.44. The summed E-state index contributed by atoms with van der Waals surface area (Å²) in [6, 6.07) is 3.71. The van der Waals surface area contributed by atoms with Crippen LogP contribution in [-0.4, -0.2) is 29.9 Å². The van der Waals surface area contributed by atoms with Crippen LogP contribution >= 0.6 is 22.6 Å². The first-order valence-corrected chi connectivity index (χ1v) is 7.01. The minimum Gasteiger partial charge on any atom is -0.454 e. The number of furan rings is 1. The van der Waals surface area contributed by atoms with E-state index in [2.05, 4.69) is 27.9 Å². The van der Waals surface area contributed by atoms with Gasteiger partial charge in [0, 0.05) is 13.1 Å². The molecular weight excluding hydrogens is 331 g/mol. The summed E-state index contributed by atoms with van der Waals surface area (Å²) in [6.07, 6.45) is 2.27. The zero-order valence-electron chi connectivity index (χ0n) is 9.91. The summed E-state index contributed by atoms with van der Waals surface area (Å²) < 4.78 is 6.31. The molecule has 1 amide bonds. The Hall–Kier alpha value is -0.560. The molecule has 0 bridgehead atoms. The molecule has 2 heterocycles. The number of likely N-dealkylation sites (tertiary alicyclic amines) is 1. The van der Waals surface area contributed by atoms with Gasteiger partial charge >= 0.3 is 0 Å². The number of hydrogen-bond acceptors (Lipinski definition) is 3. The first-order valence-electron chi connectivity index (χ1n) is 5.93. The van der Waals surface area contributed by atoms with Crippen LogP contribution in [0, 0.1) is 3.77 Å². The highest BCUT2D eigenvalue weighted by Gasteiger charge is 2.22. The summed E-state index contributed by atoms with van der Waals surface area (Å²) in [7, 11) is 0. The van der Waals surface area contributed by atoms with Crippen molar-refractivity contribution in [3.63, 3.8) is 0 Å². The number of hydrogen-bond donors (Lipinski definition) is 1. The summed E-state index contributed by atoms with van der Waals surface area (Å²) in [4.78, 5) is 13.9. The van der Waals surface area contributed by atoms with E-state index in [0.717, 1.165) is 35.5 Å². The van der Waals surface area contributed by atoms with E-state index in [1.807, 2.05) is 24.0 Å². The lowest BCUT2D eigenvalue weighted by atomic mass is 10.3. The lowest BCUT2D eigenvalue weighted by Crippen LogP contribution is -2.43. The summed E-state index contributed by atoms with van der Waals surface area (Å²) in [5.41, 5.74) is 0. The molecule has 1 fully saturated rings. The average molecular weight is 348 g/mol. The van der Waals surface area contributed by atoms with Crippen LogP contribution in [-0.2, 0) is 11.3 Å². The highest BCUT2D eigenvalue weighted by molar-refractivity contribution is 14.1. The van der Waals surface area contributed by atoms with Gasteiger partial charge in [0.2, 0.25) is 5.91 Å². The molecular formula is C12H17IN2O2. The number of amides is 1. The van der Waals surface area contributed by atoms with Crippen molar-refractivity contribution in [2.45, 2.75) is 32.4 Å². The second-order valence-corrected chi connectivity index (χ2v) is 5.40. The van der Waals surface area contributed by atoms with E-state index >= 15 is 0 Å². The first kappa shape index (κ1) is 12.9. The van der Waals surface area contributed by atoms with Gasteiger partial charge in [-0.2, -0.15) is 0 Å². The van der Waals surface area contributed by atoms with Crippen LogP contribution in [0.1, 0.15) is 25.5 Å². The zero-order chi connectivity index (χ0) is 12.3. The van der Waals surface area contributed by atoms with Crippen LogP contribution in [0.15, 0.2) is 16.5 Å². The van der Waals surface area contributed by atoms with Gasteiger partial charge in [-0.05, 0) is 54.5 Å². The monoisotopic (exact) mass is 348 g/mol. The van der Waals surface area contributed by atoms with Crippen LogP contribution in [0.2, 0.25) is 0 Å². The summed E-state index contributed by atoms with van der Waals surface area (Å²) in [5, 5.41) is 3.20. The molecule has 5 heteroatoms. The fraction of sp³-hybridized carbons (Fsp3) is 0.583. The third-order valence-corrected chi connectivity index (χ3v) is 3.58. The van der Waals surface area contributed by atoms with E-state index in [9.17, 15) is 4.79 Å². The van der Waals surface area contributed by atoms with Gasteiger partial charge in [-0.1, -0.05) is 0 Å². The number of rotatable bonds is 4. The van der Waals surface area contributed by atoms with Gasteiger partial charge in [-0.15, -0.1) is 0 Å². The average Bonchev–Trinajstić information content (AvgIpc) is 2.95. The summed E-state index contributed by atoms with van der Waals surface area (Å²) in [5.74, 6) is 1.07. The predicted molar refractivity (Wildman–Crippen MR) is 73.5 cm³/mol. The molecule has 1 unspecified atom stereocenters. The van der Waals surface area contributed by atoms with Crippen molar-refractivity contribution >= 4 is 28.5 Å². The Bertz CT molecular complexity index is 386. The molecule has 0 aliphatic carbocycles. The van der Waals surface area contributed by atoms with Crippen LogP contribution in [0.4, 0.5) is 0 Å². The fourth-order valence-corrected chi connectivity index (χ4v) is 2.46. The number of halogens is 1. The van der Waals surface area contributed by atoms with Crippen LogP contribution in [0.5, 0.6) is 0 Å². The molecule has 1 saturated heterocycles. The van der Waals surface area contributed by atoms with Crippen LogP contribution in [0.3, 0.4) is 0 Å². The van der Waals surface area contributed by atoms with Crippen molar-refractivity contribution in [3.05, 3.63) is 21.7 Å². The normalized spacial score (nSPS) is 17.4. The van der Waals surface area contributed by atoms with Gasteiger partial charge in [-0.25, -0.2) is 0 Å². The quantitative estimate of drug-likeness (QED) is 0.847. The standard InChI is InChI=1S/C12H17IN2O2/c1-9(12(16)15-6-2-3-7-15)14-8-10-4-5-11(13)17-10/h4-5,9,14H,2-3,6-8H2,1H3. The third-order valence-electron chi connectivity index (χ3n) is 3.00. The SMILES string of the molecule is CC(NCc1ccc(I)o1)C(=O)N1CCCC1. The second kappa shape index (κ2) is 5.86. The van der Waals surface area contributed by atoms with Crippen molar-refractivity contribution in [2.75, 3.05) is 13.1 Å². The maximum Gasteiger partial charge on any atom is 0.239 e. The molecule has 2 rings (SSSR count). The maximum absolute atomic E-state index is 12.0. The summed E-state index contributed by atoms with van der Waals surface area (Å²) >= 11 is 2.13. The van der Waals surface area contributed by atoms with E-state index in [0.29, 0.717) is 6.54 Å². The Morgan fingerprint density at radius 1 is 1.53 bits per heavy atom. The van der Waals surface area contributed by atoms with Crippen molar-refractivity contribution in [1.29, 1.82) is 0 Å². The zero-order valence-corrected chi connectivity index (χ0v) is 12.1. The Labute approximate surface area is 115 Å². The van der Waals surface area contributed by atoms with Crippen molar-refractivity contribution < 1.29 is 9.21 Å². The van der Waals surface area contributed by atoms with Gasteiger partial charge in [0.05, 0.1) is 12.6 Å². The molecule has 0 radical (unpaired) electrons. The minimum absolute atomic E-state index is 0.143. The largest absolute Gasteiger partial charge is 0.454 e. The highest BCUT2D eigenvalue weighted by Crippen LogP contribution is 2.11. The minimum atomic E-state index is -0.143. The molecule has 1 aromatic rings. The molecule has 0 aromatic carbocycles. The lowest BCUT2D eigenvalue weighted by molar-refractivity contribution is -0.132. The van der Waals surface area contributed by atoms with E-state index in [1.165, 1.54) is 0 Å². The van der Waals surface area contributed by atoms with Crippen LogP contribution < -0.4 is 5.32 Å². The van der Waals surface area contributed by atoms with Crippen molar-refractivity contribution in [2.24, 2.45) is 0 Å². The smallest absolute Gasteiger partial charge is 0.239 e. The Morgan fingerprint density at radius 2 is 2.24 bits per heavy atom. The molecule has 0 spiro atoms. The second-order valence-electron chi connectivity index (χ2n) is 4.34. The number of carbonyl (C=O) groups excluding carboxylic acids is 1. The molecule has 0 saturated carbocycles. The number of nitrogens with zero attached hydrogens (tertiary/aromatic N) is 1. The van der Waals surface area contributed by atoms with E-state index in [-0.39, 0.29) is 11.9 Å². The van der Waals surface area contributed by atoms with Gasteiger partial charge in [0.1, 0.15) is 5.76 Å². The summed E-state index contributed by atoms with van der Waals surface area (Å²) in [6.45, 7) is 4.32. The molecule has 1 N–H and O–H groups in total. The van der Waals surface area contributed by atoms with E-state index in [1.54, 1.807) is 0 Å². The van der Waals surface area contributed by atoms with Gasteiger partial charge in [-0.3, -0.25) is 10.1 Å². The maximum atomic E-state index is 12.0. The first-order chi connectivity index (χ1) is 8.16. The lowest BCUT2D eigenvalue weighted by Gasteiger charge is -2.20. The molecule has 94 valence electrons. The van der Waals surface area contributed by atoms with Crippen molar-refractivity contribution in [3.8, 4) is 0 Å². The van der Waals surface area contributed by atoms with Gasteiger partial charge in [0.25, 0.3) is 0 Å². The van der Waals surface area contributed by atoms with Crippen molar-refractivity contribution in [1.82, 2.24) is 10.2 Å². The van der Waals surface area contributed by atoms with Gasteiger partial charge in [0.15, 0.2) is 3.77 Å². The fourth-order valence-electron chi connectivity index (χ4n) is 2.00. The Morgan fingerprint density at radius 3 is 2.82 bits per heavy atom. The van der Waals surface area contributed by atoms with Crippen LogP contribution in [0.25, 0.3) is 0 Å². The Balaban J connectivity index is 1.80. The molecule has 17 heavy (non-hydrogen) atoms.